The van der Waals surface area contributed by atoms with Crippen LogP contribution in [-0.2, 0) is 4.74 Å². The van der Waals surface area contributed by atoms with Crippen LogP contribution < -0.4 is 10.6 Å². The number of methoxy groups -OCH3 is 1. The molecule has 1 aliphatic carbocycles. The number of aliphatic hydroxyl groups excluding tert-OH is 2. The molecule has 0 aromatic carbocycles. The minimum absolute atomic E-state index is 0.0342. The van der Waals surface area contributed by atoms with Crippen molar-refractivity contribution in [1.82, 2.24) is 19.9 Å². The second-order valence-corrected chi connectivity index (χ2v) is 11.0. The zero-order chi connectivity index (χ0) is 26.9. The molecule has 0 bridgehead atoms. The summed E-state index contributed by atoms with van der Waals surface area (Å²) in [4.78, 5) is 18.7. The van der Waals surface area contributed by atoms with Gasteiger partial charge in [-0.3, -0.25) is 4.98 Å². The molecule has 0 amide bonds. The van der Waals surface area contributed by atoms with Crippen molar-refractivity contribution >= 4 is 33.3 Å². The van der Waals surface area contributed by atoms with Crippen molar-refractivity contribution in [2.24, 2.45) is 5.92 Å². The maximum atomic E-state index is 11.1. The highest BCUT2D eigenvalue weighted by Crippen LogP contribution is 2.42. The van der Waals surface area contributed by atoms with Gasteiger partial charge in [-0.25, -0.2) is 9.97 Å². The summed E-state index contributed by atoms with van der Waals surface area (Å²) in [7, 11) is 1.65. The van der Waals surface area contributed by atoms with Gasteiger partial charge in [0.25, 0.3) is 0 Å². The Labute approximate surface area is 221 Å². The lowest BCUT2D eigenvalue weighted by atomic mass is 9.80. The van der Waals surface area contributed by atoms with Crippen molar-refractivity contribution in [1.29, 1.82) is 0 Å². The maximum absolute atomic E-state index is 11.1. The first-order valence-electron chi connectivity index (χ1n) is 12.8. The van der Waals surface area contributed by atoms with E-state index in [2.05, 4.69) is 20.6 Å². The number of aromatic nitrogens is 4. The lowest BCUT2D eigenvalue weighted by Crippen LogP contribution is -2.43. The summed E-state index contributed by atoms with van der Waals surface area (Å²) < 4.78 is 6.35. The molecule has 0 spiro atoms. The minimum atomic E-state index is -1.07. The topological polar surface area (TPSA) is 146 Å². The Balaban J connectivity index is 1.74. The van der Waals surface area contributed by atoms with Gasteiger partial charge in [0.1, 0.15) is 22.4 Å². The zero-order valence-electron chi connectivity index (χ0n) is 22.3. The Morgan fingerprint density at radius 2 is 1.86 bits per heavy atom. The molecule has 5 atom stereocenters. The zero-order valence-corrected chi connectivity index (χ0v) is 23.1. The minimum Gasteiger partial charge on any atom is -0.390 e. The van der Waals surface area contributed by atoms with Crippen molar-refractivity contribution < 1.29 is 20.1 Å². The van der Waals surface area contributed by atoms with Crippen molar-refractivity contribution in [3.05, 3.63) is 23.7 Å². The Kier molecular flexibility index (Phi) is 8.29. The van der Waals surface area contributed by atoms with Crippen LogP contribution in [0.4, 0.5) is 11.8 Å². The SMILES string of the molecule is CCC(O)(CC)C1CC(Nc2nc(NCC(C)OC)nc(C)c2-c2nc3c(C)nccc3s2)C(O)C1O. The van der Waals surface area contributed by atoms with Crippen LogP contribution in [0.25, 0.3) is 20.8 Å². The van der Waals surface area contributed by atoms with Crippen LogP contribution in [0.3, 0.4) is 0 Å². The van der Waals surface area contributed by atoms with Crippen molar-refractivity contribution in [3.63, 3.8) is 0 Å². The van der Waals surface area contributed by atoms with Gasteiger partial charge in [0.05, 0.1) is 45.5 Å². The Bertz CT molecular complexity index is 1230. The number of pyridine rings is 1. The van der Waals surface area contributed by atoms with Crippen LogP contribution >= 0.6 is 11.3 Å². The molecule has 202 valence electrons. The van der Waals surface area contributed by atoms with Gasteiger partial charge in [0.15, 0.2) is 0 Å². The van der Waals surface area contributed by atoms with E-state index >= 15 is 0 Å². The number of hydrogen-bond donors (Lipinski definition) is 5. The lowest BCUT2D eigenvalue weighted by molar-refractivity contribution is -0.0843. The first-order valence-corrected chi connectivity index (χ1v) is 13.7. The molecule has 1 aliphatic rings. The molecular formula is C26H38N6O4S. The molecule has 4 rings (SSSR count). The predicted octanol–water partition coefficient (Wildman–Crippen LogP) is 3.29. The molecule has 5 unspecified atom stereocenters. The summed E-state index contributed by atoms with van der Waals surface area (Å²) in [5.74, 6) is 0.477. The molecule has 0 saturated heterocycles. The standard InChI is InChI=1S/C26H38N6O4S/c1-7-26(35,8-2)16-11-17(22(34)21(16)33)30-23-19(14(4)29-25(32-23)28-12-13(3)36-6)24-31-20-15(5)27-10-9-18(20)37-24/h9-10,13,16-17,21-22,33-35H,7-8,11-12H2,1-6H3,(H2,28,29,30,32). The molecule has 10 nitrogen and oxygen atoms in total. The summed E-state index contributed by atoms with van der Waals surface area (Å²) in [5.41, 5.74) is 2.07. The monoisotopic (exact) mass is 530 g/mol. The average molecular weight is 531 g/mol. The van der Waals surface area contributed by atoms with Crippen molar-refractivity contribution in [3.8, 4) is 10.6 Å². The smallest absolute Gasteiger partial charge is 0.224 e. The van der Waals surface area contributed by atoms with Gasteiger partial charge < -0.3 is 30.7 Å². The number of thiazole rings is 1. The molecule has 5 N–H and O–H groups in total. The Morgan fingerprint density at radius 1 is 1.14 bits per heavy atom. The van der Waals surface area contributed by atoms with Crippen LogP contribution in [-0.4, -0.2) is 78.9 Å². The van der Waals surface area contributed by atoms with Gasteiger partial charge in [-0.15, -0.1) is 11.3 Å². The number of rotatable bonds is 10. The number of nitrogens with one attached hydrogen (secondary N) is 2. The third-order valence-electron chi connectivity index (χ3n) is 7.66. The quantitative estimate of drug-likeness (QED) is 0.265. The fraction of sp³-hybridized carbons (Fsp3) is 0.615. The largest absolute Gasteiger partial charge is 0.390 e. The first-order chi connectivity index (χ1) is 17.6. The molecule has 37 heavy (non-hydrogen) atoms. The van der Waals surface area contributed by atoms with E-state index in [0.29, 0.717) is 37.6 Å². The number of ether oxygens (including phenoxy) is 1. The van der Waals surface area contributed by atoms with Crippen LogP contribution in [0.15, 0.2) is 12.3 Å². The van der Waals surface area contributed by atoms with Crippen molar-refractivity contribution in [2.75, 3.05) is 24.3 Å². The second-order valence-electron chi connectivity index (χ2n) is 9.93. The Morgan fingerprint density at radius 3 is 2.51 bits per heavy atom. The first kappa shape index (κ1) is 27.6. The normalized spacial score (nSPS) is 22.9. The Hall–Kier alpha value is -2.44. The highest BCUT2D eigenvalue weighted by Gasteiger charge is 2.50. The molecule has 1 fully saturated rings. The second kappa shape index (κ2) is 11.1. The highest BCUT2D eigenvalue weighted by molar-refractivity contribution is 7.21. The van der Waals surface area contributed by atoms with Crippen LogP contribution in [0.2, 0.25) is 0 Å². The highest BCUT2D eigenvalue weighted by atomic mass is 32.1. The van der Waals surface area contributed by atoms with Crippen molar-refractivity contribution in [2.45, 2.75) is 83.8 Å². The van der Waals surface area contributed by atoms with Crippen LogP contribution in [0.1, 0.15) is 51.4 Å². The maximum Gasteiger partial charge on any atom is 0.224 e. The van der Waals surface area contributed by atoms with E-state index in [9.17, 15) is 15.3 Å². The third kappa shape index (κ3) is 5.42. The van der Waals surface area contributed by atoms with Gasteiger partial charge in [-0.1, -0.05) is 13.8 Å². The number of hydrogen-bond acceptors (Lipinski definition) is 11. The molecule has 3 aromatic heterocycles. The summed E-state index contributed by atoms with van der Waals surface area (Å²) in [6.07, 6.45) is 1.00. The fourth-order valence-corrected chi connectivity index (χ4v) is 6.19. The number of aliphatic hydroxyl groups is 3. The molecule has 0 radical (unpaired) electrons. The molecule has 1 saturated carbocycles. The van der Waals surface area contributed by atoms with Gasteiger partial charge in [0, 0.05) is 25.8 Å². The van der Waals surface area contributed by atoms with E-state index in [-0.39, 0.29) is 6.10 Å². The van der Waals surface area contributed by atoms with Gasteiger partial charge in [-0.05, 0) is 46.1 Å². The molecule has 11 heteroatoms. The average Bonchev–Trinajstić information content (AvgIpc) is 3.44. The van der Waals surface area contributed by atoms with E-state index in [0.717, 1.165) is 32.2 Å². The van der Waals surface area contributed by atoms with Gasteiger partial charge in [0.2, 0.25) is 5.95 Å². The molecule has 3 heterocycles. The summed E-state index contributed by atoms with van der Waals surface area (Å²) in [6.45, 7) is 10.1. The fourth-order valence-electron chi connectivity index (χ4n) is 5.08. The number of nitrogens with zero attached hydrogens (tertiary/aromatic N) is 4. The van der Waals surface area contributed by atoms with Crippen LogP contribution in [0, 0.1) is 19.8 Å². The molecule has 0 aliphatic heterocycles. The number of aryl methyl sites for hydroxylation is 2. The van der Waals surface area contributed by atoms with E-state index in [4.69, 9.17) is 14.7 Å². The van der Waals surface area contributed by atoms with E-state index in [1.165, 1.54) is 11.3 Å². The number of anilines is 2. The third-order valence-corrected chi connectivity index (χ3v) is 8.70. The summed E-state index contributed by atoms with van der Waals surface area (Å²) >= 11 is 1.53. The summed E-state index contributed by atoms with van der Waals surface area (Å²) in [5, 5.41) is 40.3. The summed E-state index contributed by atoms with van der Waals surface area (Å²) in [6, 6.07) is 1.42. The molecule has 3 aromatic rings. The van der Waals surface area contributed by atoms with Gasteiger partial charge >= 0.3 is 0 Å². The number of fused-ring (bicyclic) bond motifs is 1. The van der Waals surface area contributed by atoms with E-state index < -0.39 is 29.8 Å². The predicted molar refractivity (Wildman–Crippen MR) is 146 cm³/mol. The van der Waals surface area contributed by atoms with Gasteiger partial charge in [-0.2, -0.15) is 4.98 Å². The molecular weight excluding hydrogens is 492 g/mol. The van der Waals surface area contributed by atoms with E-state index in [1.54, 1.807) is 13.3 Å². The van der Waals surface area contributed by atoms with E-state index in [1.807, 2.05) is 40.7 Å². The lowest BCUT2D eigenvalue weighted by Gasteiger charge is -2.34. The van der Waals surface area contributed by atoms with Crippen LogP contribution in [0.5, 0.6) is 0 Å².